The van der Waals surface area contributed by atoms with Crippen molar-refractivity contribution >= 4 is 68.9 Å². The van der Waals surface area contributed by atoms with E-state index in [1.807, 2.05) is 6.92 Å². The molecule has 2 N–H and O–H groups in total. The van der Waals surface area contributed by atoms with E-state index in [9.17, 15) is 0 Å². The molecule has 1 aliphatic heterocycles. The van der Waals surface area contributed by atoms with E-state index < -0.39 is 0 Å². The summed E-state index contributed by atoms with van der Waals surface area (Å²) in [6, 6.07) is 1.70. The predicted octanol–water partition coefficient (Wildman–Crippen LogP) is 4.04. The Kier molecular flexibility index (Phi) is 5.34. The third kappa shape index (κ3) is 3.48. The number of halogens is 2. The van der Waals surface area contributed by atoms with Gasteiger partial charge in [0.2, 0.25) is 0 Å². The third-order valence-electron chi connectivity index (χ3n) is 2.48. The number of hydrogen-bond donors (Lipinski definition) is 2. The van der Waals surface area contributed by atoms with E-state index >= 15 is 0 Å². The van der Waals surface area contributed by atoms with E-state index in [2.05, 4.69) is 19.4 Å². The van der Waals surface area contributed by atoms with Crippen LogP contribution in [0.15, 0.2) is 14.8 Å². The molecule has 0 bridgehead atoms. The Bertz CT molecular complexity index is 617. The van der Waals surface area contributed by atoms with Crippen molar-refractivity contribution in [2.45, 2.75) is 13.0 Å². The van der Waals surface area contributed by atoms with Crippen LogP contribution in [0.3, 0.4) is 0 Å². The van der Waals surface area contributed by atoms with Gasteiger partial charge in [-0.2, -0.15) is 8.73 Å². The fraction of sp³-hybridized carbons (Fsp3) is 0.364. The van der Waals surface area contributed by atoms with Crippen molar-refractivity contribution in [3.8, 4) is 0 Å². The Hall–Kier alpha value is -0.730. The van der Waals surface area contributed by atoms with Crippen molar-refractivity contribution in [3.63, 3.8) is 0 Å². The maximum atomic E-state index is 6.19. The summed E-state index contributed by atoms with van der Waals surface area (Å²) in [6.07, 6.45) is 0. The highest BCUT2D eigenvalue weighted by atomic mass is 35.5. The largest absolute Gasteiger partial charge is 0.383 e. The molecule has 9 heteroatoms. The molecule has 108 valence electrons. The molecule has 2 rings (SSSR count). The minimum absolute atomic E-state index is 0.0788. The monoisotopic (exact) mass is 350 g/mol. The van der Waals surface area contributed by atoms with E-state index in [0.717, 1.165) is 11.4 Å². The van der Waals surface area contributed by atoms with Gasteiger partial charge in [0.15, 0.2) is 5.11 Å². The molecular formula is C11H12Cl2N4OS2. The first-order chi connectivity index (χ1) is 9.52. The van der Waals surface area contributed by atoms with Crippen LogP contribution in [0.5, 0.6) is 0 Å². The predicted molar refractivity (Wildman–Crippen MR) is 88.7 cm³/mol. The fourth-order valence-corrected chi connectivity index (χ4v) is 3.12. The highest BCUT2D eigenvalue weighted by Crippen LogP contribution is 2.47. The zero-order valence-electron chi connectivity index (χ0n) is 10.7. The van der Waals surface area contributed by atoms with Crippen molar-refractivity contribution in [3.05, 3.63) is 16.1 Å². The number of benzene rings is 1. The lowest BCUT2D eigenvalue weighted by Crippen LogP contribution is -2.38. The van der Waals surface area contributed by atoms with Gasteiger partial charge < -0.3 is 15.4 Å². The molecule has 1 aliphatic rings. The van der Waals surface area contributed by atoms with Crippen molar-refractivity contribution in [1.29, 1.82) is 0 Å². The molecule has 0 amide bonds. The molecule has 0 aliphatic carbocycles. The van der Waals surface area contributed by atoms with Crippen LogP contribution >= 0.6 is 35.4 Å². The van der Waals surface area contributed by atoms with Crippen LogP contribution in [0.2, 0.25) is 10.0 Å². The Morgan fingerprint density at radius 2 is 2.10 bits per heavy atom. The molecule has 1 heterocycles. The lowest BCUT2D eigenvalue weighted by molar-refractivity contribution is 0.179. The second-order valence-electron chi connectivity index (χ2n) is 4.13. The quantitative estimate of drug-likeness (QED) is 0.817. The minimum Gasteiger partial charge on any atom is -0.383 e. The minimum atomic E-state index is 0.0788. The molecule has 0 aromatic heterocycles. The maximum absolute atomic E-state index is 6.19. The maximum Gasteiger partial charge on any atom is 0.171 e. The molecule has 1 unspecified atom stereocenters. The molecule has 1 aromatic carbocycles. The molecule has 0 saturated carbocycles. The highest BCUT2D eigenvalue weighted by molar-refractivity contribution is 7.80. The number of nitrogens with zero attached hydrogens (tertiary/aromatic N) is 2. The van der Waals surface area contributed by atoms with E-state index in [1.54, 1.807) is 13.2 Å². The fourth-order valence-electron chi connectivity index (χ4n) is 1.66. The smallest absolute Gasteiger partial charge is 0.171 e. The van der Waals surface area contributed by atoms with Gasteiger partial charge in [0.1, 0.15) is 11.4 Å². The summed E-state index contributed by atoms with van der Waals surface area (Å²) in [6.45, 7) is 2.50. The summed E-state index contributed by atoms with van der Waals surface area (Å²) in [7, 11) is 1.63. The summed E-state index contributed by atoms with van der Waals surface area (Å²) in [5.74, 6) is 0. The summed E-state index contributed by atoms with van der Waals surface area (Å²) in [5.41, 5.74) is 1.81. The van der Waals surface area contributed by atoms with Crippen molar-refractivity contribution in [2.75, 3.05) is 19.0 Å². The van der Waals surface area contributed by atoms with Gasteiger partial charge in [-0.25, -0.2) is 0 Å². The molecule has 0 spiro atoms. The van der Waals surface area contributed by atoms with Crippen LogP contribution in [0.25, 0.3) is 0 Å². The Morgan fingerprint density at radius 3 is 2.80 bits per heavy atom. The standard InChI is InChI=1S/C11H12Cl2N4OS2/c1-5(4-18-2)14-11(19)15-8-6(12)3-7(13)9-10(8)17-20-16-9/h3,5H,4H2,1-2H3,(H2,14,15,19). The van der Waals surface area contributed by atoms with Crippen molar-refractivity contribution in [1.82, 2.24) is 5.32 Å². The van der Waals surface area contributed by atoms with E-state index in [-0.39, 0.29) is 6.04 Å². The lowest BCUT2D eigenvalue weighted by atomic mass is 10.2. The number of anilines is 1. The van der Waals surface area contributed by atoms with Crippen LogP contribution in [0, 0.1) is 0 Å². The van der Waals surface area contributed by atoms with E-state index in [1.165, 1.54) is 0 Å². The molecule has 1 atom stereocenters. The number of ether oxygens (including phenoxy) is 1. The third-order valence-corrected chi connectivity index (χ3v) is 3.81. The summed E-state index contributed by atoms with van der Waals surface area (Å²) in [4.78, 5) is 0. The van der Waals surface area contributed by atoms with Crippen LogP contribution in [0.4, 0.5) is 17.1 Å². The van der Waals surface area contributed by atoms with Gasteiger partial charge in [-0.1, -0.05) is 23.2 Å². The van der Waals surface area contributed by atoms with Gasteiger partial charge in [0.25, 0.3) is 0 Å². The normalized spacial score (nSPS) is 13.6. The highest BCUT2D eigenvalue weighted by Gasteiger charge is 2.19. The van der Waals surface area contributed by atoms with Crippen LogP contribution < -0.4 is 10.6 Å². The number of rotatable bonds is 4. The first kappa shape index (κ1) is 15.7. The number of methoxy groups -OCH3 is 1. The number of hydrogen-bond acceptors (Lipinski definition) is 4. The second kappa shape index (κ2) is 6.82. The Balaban J connectivity index is 2.17. The zero-order chi connectivity index (χ0) is 14.7. The van der Waals surface area contributed by atoms with Gasteiger partial charge in [-0.15, -0.1) is 0 Å². The summed E-state index contributed by atoms with van der Waals surface area (Å²) >= 11 is 18.6. The lowest BCUT2D eigenvalue weighted by Gasteiger charge is -2.17. The molecular weight excluding hydrogens is 339 g/mol. The number of thiocarbonyl (C=S) groups is 1. The molecule has 0 saturated heterocycles. The average Bonchev–Trinajstić information content (AvgIpc) is 2.84. The Labute approximate surface area is 135 Å². The van der Waals surface area contributed by atoms with Gasteiger partial charge in [0, 0.05) is 13.2 Å². The first-order valence-electron chi connectivity index (χ1n) is 5.69. The van der Waals surface area contributed by atoms with Crippen LogP contribution in [0.1, 0.15) is 6.92 Å². The first-order valence-corrected chi connectivity index (χ1v) is 7.59. The van der Waals surface area contributed by atoms with E-state index in [0.29, 0.717) is 38.8 Å². The molecule has 20 heavy (non-hydrogen) atoms. The zero-order valence-corrected chi connectivity index (χ0v) is 13.9. The van der Waals surface area contributed by atoms with Crippen molar-refractivity contribution in [2.24, 2.45) is 8.73 Å². The second-order valence-corrected chi connectivity index (χ2v) is 5.88. The van der Waals surface area contributed by atoms with E-state index in [4.69, 9.17) is 40.2 Å². The molecule has 0 fully saturated rings. The van der Waals surface area contributed by atoms with Gasteiger partial charge in [-0.05, 0) is 25.2 Å². The Morgan fingerprint density at radius 1 is 1.40 bits per heavy atom. The average molecular weight is 351 g/mol. The summed E-state index contributed by atoms with van der Waals surface area (Å²) in [5, 5.41) is 7.47. The van der Waals surface area contributed by atoms with Crippen molar-refractivity contribution < 1.29 is 4.74 Å². The topological polar surface area (TPSA) is 58.0 Å². The van der Waals surface area contributed by atoms with Crippen LogP contribution in [-0.4, -0.2) is 24.9 Å². The number of nitrogens with one attached hydrogen (secondary N) is 2. The van der Waals surface area contributed by atoms with Crippen LogP contribution in [-0.2, 0) is 16.1 Å². The van der Waals surface area contributed by atoms with Gasteiger partial charge in [-0.3, -0.25) is 0 Å². The molecule has 5 nitrogen and oxygen atoms in total. The molecule has 1 aromatic rings. The number of fused-ring (bicyclic) bond motifs is 1. The van der Waals surface area contributed by atoms with Gasteiger partial charge in [0.05, 0.1) is 33.7 Å². The molecule has 0 radical (unpaired) electrons. The summed E-state index contributed by atoms with van der Waals surface area (Å²) < 4.78 is 13.4. The van der Waals surface area contributed by atoms with Gasteiger partial charge >= 0.3 is 0 Å². The SMILES string of the molecule is COCC(C)NC(=S)Nc1c(Cl)cc(Cl)c2c1N=S=N2.